The molecule has 1 aliphatic rings. The van der Waals surface area contributed by atoms with Gasteiger partial charge >= 0.3 is 0 Å². The van der Waals surface area contributed by atoms with Gasteiger partial charge in [0.05, 0.1) is 0 Å². The molecular formula is C18H21N7O2. The molecule has 0 saturated carbocycles. The third-order valence-electron chi connectivity index (χ3n) is 4.34. The smallest absolute Gasteiger partial charge is 0.251 e. The van der Waals surface area contributed by atoms with Crippen LogP contribution in [0.25, 0.3) is 11.0 Å². The molecule has 9 heteroatoms. The topological polar surface area (TPSA) is 124 Å². The first-order valence-corrected chi connectivity index (χ1v) is 8.85. The van der Waals surface area contributed by atoms with Crippen LogP contribution in [0.1, 0.15) is 42.5 Å². The number of H-pyrrole nitrogens is 1. The minimum absolute atomic E-state index is 0.0546. The van der Waals surface area contributed by atoms with Crippen LogP contribution < -0.4 is 10.6 Å². The Labute approximate surface area is 156 Å². The standard InChI is InChI=1S/C18H21N7O2/c1-2-3-8-18(23-24-18)9-11-19-16(26)5-4-10-20-17(27)13-6-7-14-15(12-13)22-25-21-14/h1,6-7,12H,3-5,8-11H2,(H,19,26)(H,20,27)(H,21,22,25). The van der Waals surface area contributed by atoms with Gasteiger partial charge < -0.3 is 10.6 Å². The van der Waals surface area contributed by atoms with Crippen molar-refractivity contribution in [3.63, 3.8) is 0 Å². The van der Waals surface area contributed by atoms with Crippen LogP contribution in [0.4, 0.5) is 0 Å². The summed E-state index contributed by atoms with van der Waals surface area (Å²) < 4.78 is 0. The molecule has 0 atom stereocenters. The van der Waals surface area contributed by atoms with Gasteiger partial charge in [0.15, 0.2) is 5.66 Å². The van der Waals surface area contributed by atoms with Crippen LogP contribution in [-0.4, -0.2) is 46.0 Å². The van der Waals surface area contributed by atoms with E-state index in [9.17, 15) is 9.59 Å². The minimum Gasteiger partial charge on any atom is -0.356 e. The quantitative estimate of drug-likeness (QED) is 0.435. The molecule has 1 aliphatic heterocycles. The Balaban J connectivity index is 1.30. The number of amides is 2. The average Bonchev–Trinajstić information content (AvgIpc) is 3.28. The van der Waals surface area contributed by atoms with Gasteiger partial charge in [-0.3, -0.25) is 9.59 Å². The second kappa shape index (κ2) is 8.40. The summed E-state index contributed by atoms with van der Waals surface area (Å²) in [5.41, 5.74) is 1.47. The normalized spacial score (nSPS) is 13.9. The lowest BCUT2D eigenvalue weighted by Crippen LogP contribution is -2.29. The number of benzene rings is 1. The Morgan fingerprint density at radius 2 is 1.93 bits per heavy atom. The first-order chi connectivity index (χ1) is 13.1. The highest BCUT2D eigenvalue weighted by Crippen LogP contribution is 2.35. The molecule has 2 heterocycles. The van der Waals surface area contributed by atoms with E-state index in [-0.39, 0.29) is 17.5 Å². The van der Waals surface area contributed by atoms with Crippen molar-refractivity contribution < 1.29 is 9.59 Å². The molecule has 27 heavy (non-hydrogen) atoms. The molecule has 9 nitrogen and oxygen atoms in total. The number of hydrogen-bond donors (Lipinski definition) is 3. The van der Waals surface area contributed by atoms with E-state index in [1.54, 1.807) is 18.2 Å². The molecule has 1 aromatic heterocycles. The van der Waals surface area contributed by atoms with E-state index in [4.69, 9.17) is 6.42 Å². The van der Waals surface area contributed by atoms with Crippen molar-refractivity contribution in [2.45, 2.75) is 37.8 Å². The summed E-state index contributed by atoms with van der Waals surface area (Å²) in [5.74, 6) is 2.32. The minimum atomic E-state index is -0.376. The number of aromatic nitrogens is 3. The van der Waals surface area contributed by atoms with Gasteiger partial charge in [-0.05, 0) is 24.6 Å². The average molecular weight is 367 g/mol. The molecule has 0 unspecified atom stereocenters. The van der Waals surface area contributed by atoms with Gasteiger partial charge in [0.25, 0.3) is 5.91 Å². The fourth-order valence-electron chi connectivity index (χ4n) is 2.69. The van der Waals surface area contributed by atoms with Crippen molar-refractivity contribution in [3.05, 3.63) is 23.8 Å². The van der Waals surface area contributed by atoms with Crippen LogP contribution in [-0.2, 0) is 4.79 Å². The molecule has 0 fully saturated rings. The molecule has 2 aromatic rings. The number of nitrogens with one attached hydrogen (secondary N) is 3. The molecule has 1 aromatic carbocycles. The summed E-state index contributed by atoms with van der Waals surface area (Å²) in [6.45, 7) is 0.931. The van der Waals surface area contributed by atoms with E-state index in [2.05, 4.69) is 42.2 Å². The van der Waals surface area contributed by atoms with Crippen molar-refractivity contribution in [2.75, 3.05) is 13.1 Å². The maximum atomic E-state index is 12.1. The molecule has 2 amide bonds. The fraction of sp³-hybridized carbons (Fsp3) is 0.444. The van der Waals surface area contributed by atoms with Crippen molar-refractivity contribution in [3.8, 4) is 12.3 Å². The molecule has 140 valence electrons. The summed E-state index contributed by atoms with van der Waals surface area (Å²) in [4.78, 5) is 24.0. The van der Waals surface area contributed by atoms with Crippen molar-refractivity contribution >= 4 is 22.8 Å². The first kappa shape index (κ1) is 18.5. The summed E-state index contributed by atoms with van der Waals surface area (Å²) in [6.07, 6.45) is 8.17. The summed E-state index contributed by atoms with van der Waals surface area (Å²) in [6, 6.07) is 5.10. The Kier molecular flexibility index (Phi) is 5.76. The molecular weight excluding hydrogens is 346 g/mol. The van der Waals surface area contributed by atoms with Crippen molar-refractivity contribution in [2.24, 2.45) is 10.2 Å². The molecule has 0 bridgehead atoms. The van der Waals surface area contributed by atoms with Gasteiger partial charge in [0, 0.05) is 44.3 Å². The van der Waals surface area contributed by atoms with Gasteiger partial charge in [-0.25, -0.2) is 0 Å². The largest absolute Gasteiger partial charge is 0.356 e. The summed E-state index contributed by atoms with van der Waals surface area (Å²) in [7, 11) is 0. The molecule has 0 spiro atoms. The number of aromatic amines is 1. The van der Waals surface area contributed by atoms with E-state index in [1.165, 1.54) is 0 Å². The predicted molar refractivity (Wildman–Crippen MR) is 98.7 cm³/mol. The number of terminal acetylenes is 1. The maximum absolute atomic E-state index is 12.1. The van der Waals surface area contributed by atoms with Crippen LogP contribution in [0.5, 0.6) is 0 Å². The number of nitrogens with zero attached hydrogens (tertiary/aromatic N) is 4. The Morgan fingerprint density at radius 1 is 1.11 bits per heavy atom. The van der Waals surface area contributed by atoms with Gasteiger partial charge in [0.1, 0.15) is 11.0 Å². The van der Waals surface area contributed by atoms with E-state index < -0.39 is 0 Å². The Hall–Kier alpha value is -3.28. The number of fused-ring (bicyclic) bond motifs is 1. The SMILES string of the molecule is C#CCCC1(CCNC(=O)CCCNC(=O)c2ccc3n[nH]nc3c2)N=N1. The zero-order valence-electron chi connectivity index (χ0n) is 14.9. The molecule has 0 saturated heterocycles. The van der Waals surface area contributed by atoms with Gasteiger partial charge in [0.2, 0.25) is 5.91 Å². The van der Waals surface area contributed by atoms with Gasteiger partial charge in [-0.1, -0.05) is 0 Å². The number of carbonyl (C=O) groups is 2. The van der Waals surface area contributed by atoms with Crippen LogP contribution in [0, 0.1) is 12.3 Å². The second-order valence-corrected chi connectivity index (χ2v) is 6.37. The Morgan fingerprint density at radius 3 is 2.70 bits per heavy atom. The van der Waals surface area contributed by atoms with Gasteiger partial charge in [-0.15, -0.1) is 12.3 Å². The number of hydrogen-bond acceptors (Lipinski definition) is 6. The maximum Gasteiger partial charge on any atom is 0.251 e. The van der Waals surface area contributed by atoms with E-state index in [0.29, 0.717) is 55.4 Å². The third kappa shape index (κ3) is 5.10. The van der Waals surface area contributed by atoms with Crippen LogP contribution >= 0.6 is 0 Å². The zero-order chi connectivity index (χ0) is 19.1. The van der Waals surface area contributed by atoms with Crippen LogP contribution in [0.3, 0.4) is 0 Å². The summed E-state index contributed by atoms with van der Waals surface area (Å²) >= 11 is 0. The Bertz CT molecular complexity index is 890. The molecule has 3 rings (SSSR count). The predicted octanol–water partition coefficient (Wildman–Crippen LogP) is 1.55. The van der Waals surface area contributed by atoms with Crippen molar-refractivity contribution in [1.29, 1.82) is 0 Å². The lowest BCUT2D eigenvalue weighted by Gasteiger charge is -2.10. The highest BCUT2D eigenvalue weighted by molar-refractivity contribution is 5.97. The molecule has 0 aliphatic carbocycles. The van der Waals surface area contributed by atoms with E-state index in [1.807, 2.05) is 0 Å². The summed E-state index contributed by atoms with van der Waals surface area (Å²) in [5, 5.41) is 24.1. The highest BCUT2D eigenvalue weighted by Gasteiger charge is 2.38. The molecule has 3 N–H and O–H groups in total. The lowest BCUT2D eigenvalue weighted by atomic mass is 10.0. The number of carbonyl (C=O) groups excluding carboxylic acids is 2. The van der Waals surface area contributed by atoms with E-state index in [0.717, 1.165) is 6.42 Å². The van der Waals surface area contributed by atoms with Crippen LogP contribution in [0.2, 0.25) is 0 Å². The third-order valence-corrected chi connectivity index (χ3v) is 4.34. The fourth-order valence-corrected chi connectivity index (χ4v) is 2.69. The first-order valence-electron chi connectivity index (χ1n) is 8.85. The van der Waals surface area contributed by atoms with Gasteiger partial charge in [-0.2, -0.15) is 25.6 Å². The van der Waals surface area contributed by atoms with E-state index >= 15 is 0 Å². The monoisotopic (exact) mass is 367 g/mol. The van der Waals surface area contributed by atoms with Crippen molar-refractivity contribution in [1.82, 2.24) is 26.0 Å². The van der Waals surface area contributed by atoms with Crippen LogP contribution in [0.15, 0.2) is 28.4 Å². The number of rotatable bonds is 10. The highest BCUT2D eigenvalue weighted by atomic mass is 16.2. The zero-order valence-corrected chi connectivity index (χ0v) is 14.9. The second-order valence-electron chi connectivity index (χ2n) is 6.37. The lowest BCUT2D eigenvalue weighted by molar-refractivity contribution is -0.121. The molecule has 0 radical (unpaired) electrons.